The van der Waals surface area contributed by atoms with Gasteiger partial charge in [0.05, 0.1) is 5.69 Å². The first kappa shape index (κ1) is 15.1. The molecule has 0 aliphatic heterocycles. The van der Waals surface area contributed by atoms with Crippen LogP contribution in [0, 0.1) is 11.3 Å². The number of hydrogen-bond donors (Lipinski definition) is 1. The molecule has 0 amide bonds. The first-order valence-electron chi connectivity index (χ1n) is 7.77. The van der Waals surface area contributed by atoms with Crippen molar-refractivity contribution < 1.29 is 0 Å². The molecule has 1 heterocycles. The SMILES string of the molecule is CN(C)c1ncccc1NC1CCC(C(C)(C)C)CC1. The number of rotatable bonds is 3. The zero-order valence-electron chi connectivity index (χ0n) is 13.6. The smallest absolute Gasteiger partial charge is 0.151 e. The van der Waals surface area contributed by atoms with Crippen molar-refractivity contribution in [3.05, 3.63) is 18.3 Å². The van der Waals surface area contributed by atoms with Crippen molar-refractivity contribution >= 4 is 11.5 Å². The Kier molecular flexibility index (Phi) is 4.56. The van der Waals surface area contributed by atoms with Gasteiger partial charge in [0, 0.05) is 26.3 Å². The number of pyridine rings is 1. The second-order valence-electron chi connectivity index (χ2n) is 7.33. The summed E-state index contributed by atoms with van der Waals surface area (Å²) in [7, 11) is 4.09. The molecule has 3 heteroatoms. The summed E-state index contributed by atoms with van der Waals surface area (Å²) >= 11 is 0. The minimum Gasteiger partial charge on any atom is -0.379 e. The molecule has 0 bridgehead atoms. The summed E-state index contributed by atoms with van der Waals surface area (Å²) in [6.45, 7) is 7.12. The number of anilines is 2. The van der Waals surface area contributed by atoms with E-state index >= 15 is 0 Å². The lowest BCUT2D eigenvalue weighted by Gasteiger charge is -2.37. The van der Waals surface area contributed by atoms with E-state index in [0.29, 0.717) is 11.5 Å². The maximum atomic E-state index is 4.46. The van der Waals surface area contributed by atoms with Crippen LogP contribution in [-0.4, -0.2) is 25.1 Å². The second kappa shape index (κ2) is 6.02. The lowest BCUT2D eigenvalue weighted by molar-refractivity contribution is 0.173. The molecular formula is C17H29N3. The highest BCUT2D eigenvalue weighted by atomic mass is 15.2. The van der Waals surface area contributed by atoms with Crippen LogP contribution in [0.5, 0.6) is 0 Å². The van der Waals surface area contributed by atoms with Crippen molar-refractivity contribution in [2.45, 2.75) is 52.5 Å². The molecule has 0 unspecified atom stereocenters. The zero-order valence-corrected chi connectivity index (χ0v) is 13.6. The van der Waals surface area contributed by atoms with E-state index in [4.69, 9.17) is 0 Å². The Morgan fingerprint density at radius 3 is 2.35 bits per heavy atom. The lowest BCUT2D eigenvalue weighted by Crippen LogP contribution is -2.32. The summed E-state index contributed by atoms with van der Waals surface area (Å²) in [6, 6.07) is 4.74. The molecule has 112 valence electrons. The van der Waals surface area contributed by atoms with Crippen LogP contribution in [0.2, 0.25) is 0 Å². The van der Waals surface area contributed by atoms with E-state index in [0.717, 1.165) is 17.4 Å². The third kappa shape index (κ3) is 3.65. The van der Waals surface area contributed by atoms with Gasteiger partial charge in [-0.1, -0.05) is 20.8 Å². The van der Waals surface area contributed by atoms with Gasteiger partial charge in [0.2, 0.25) is 0 Å². The topological polar surface area (TPSA) is 28.2 Å². The maximum absolute atomic E-state index is 4.46. The molecule has 2 rings (SSSR count). The van der Waals surface area contributed by atoms with Gasteiger partial charge < -0.3 is 10.2 Å². The largest absolute Gasteiger partial charge is 0.379 e. The van der Waals surface area contributed by atoms with Gasteiger partial charge in [-0.05, 0) is 49.1 Å². The minimum absolute atomic E-state index is 0.452. The average Bonchev–Trinajstić information content (AvgIpc) is 2.38. The quantitative estimate of drug-likeness (QED) is 0.897. The van der Waals surface area contributed by atoms with Gasteiger partial charge in [-0.25, -0.2) is 4.98 Å². The Hall–Kier alpha value is -1.25. The molecule has 0 radical (unpaired) electrons. The van der Waals surface area contributed by atoms with Crippen LogP contribution in [-0.2, 0) is 0 Å². The summed E-state index contributed by atoms with van der Waals surface area (Å²) in [4.78, 5) is 6.53. The number of nitrogens with one attached hydrogen (secondary N) is 1. The van der Waals surface area contributed by atoms with Crippen LogP contribution in [0.15, 0.2) is 18.3 Å². The Bertz CT molecular complexity index is 426. The van der Waals surface area contributed by atoms with Crippen LogP contribution >= 0.6 is 0 Å². The van der Waals surface area contributed by atoms with E-state index in [9.17, 15) is 0 Å². The highest BCUT2D eigenvalue weighted by molar-refractivity contribution is 5.65. The summed E-state index contributed by atoms with van der Waals surface area (Å²) < 4.78 is 0. The predicted octanol–water partition coefficient (Wildman–Crippen LogP) is 4.16. The fraction of sp³-hybridized carbons (Fsp3) is 0.706. The van der Waals surface area contributed by atoms with E-state index in [1.54, 1.807) is 0 Å². The Labute approximate surface area is 123 Å². The molecule has 1 fully saturated rings. The summed E-state index contributed by atoms with van der Waals surface area (Å²) in [5.74, 6) is 1.90. The lowest BCUT2D eigenvalue weighted by atomic mass is 9.71. The number of nitrogens with zero attached hydrogens (tertiary/aromatic N) is 2. The average molecular weight is 275 g/mol. The van der Waals surface area contributed by atoms with E-state index in [1.807, 2.05) is 26.4 Å². The van der Waals surface area contributed by atoms with E-state index in [-0.39, 0.29) is 0 Å². The molecule has 3 nitrogen and oxygen atoms in total. The van der Waals surface area contributed by atoms with E-state index in [1.165, 1.54) is 25.7 Å². The predicted molar refractivity (Wildman–Crippen MR) is 87.4 cm³/mol. The second-order valence-corrected chi connectivity index (χ2v) is 7.33. The Balaban J connectivity index is 1.96. The molecule has 1 aromatic heterocycles. The van der Waals surface area contributed by atoms with E-state index < -0.39 is 0 Å². The fourth-order valence-electron chi connectivity index (χ4n) is 3.19. The highest BCUT2D eigenvalue weighted by Crippen LogP contribution is 2.38. The normalized spacial score (nSPS) is 23.4. The van der Waals surface area contributed by atoms with Crippen molar-refractivity contribution in [2.24, 2.45) is 11.3 Å². The standard InChI is InChI=1S/C17H29N3/c1-17(2,3)13-8-10-14(11-9-13)19-15-7-6-12-18-16(15)20(4)5/h6-7,12-14,19H,8-11H2,1-5H3. The summed E-state index contributed by atoms with van der Waals surface area (Å²) in [5.41, 5.74) is 1.62. The summed E-state index contributed by atoms with van der Waals surface area (Å²) in [6.07, 6.45) is 7.06. The first-order valence-corrected chi connectivity index (χ1v) is 7.77. The van der Waals surface area contributed by atoms with Crippen LogP contribution in [0.4, 0.5) is 11.5 Å². The van der Waals surface area contributed by atoms with Gasteiger partial charge in [0.1, 0.15) is 0 Å². The van der Waals surface area contributed by atoms with Crippen molar-refractivity contribution in [3.63, 3.8) is 0 Å². The monoisotopic (exact) mass is 275 g/mol. The molecule has 1 aliphatic rings. The minimum atomic E-state index is 0.452. The summed E-state index contributed by atoms with van der Waals surface area (Å²) in [5, 5.41) is 3.70. The molecule has 1 aliphatic carbocycles. The maximum Gasteiger partial charge on any atom is 0.151 e. The van der Waals surface area contributed by atoms with Crippen molar-refractivity contribution in [1.82, 2.24) is 4.98 Å². The van der Waals surface area contributed by atoms with Gasteiger partial charge in [-0.15, -0.1) is 0 Å². The first-order chi connectivity index (χ1) is 9.38. The number of hydrogen-bond acceptors (Lipinski definition) is 3. The van der Waals surface area contributed by atoms with Crippen LogP contribution in [0.3, 0.4) is 0 Å². The molecule has 20 heavy (non-hydrogen) atoms. The molecule has 0 atom stereocenters. The van der Waals surface area contributed by atoms with Crippen LogP contribution in [0.1, 0.15) is 46.5 Å². The van der Waals surface area contributed by atoms with Gasteiger partial charge in [-0.2, -0.15) is 0 Å². The van der Waals surface area contributed by atoms with Gasteiger partial charge >= 0.3 is 0 Å². The molecular weight excluding hydrogens is 246 g/mol. The third-order valence-electron chi connectivity index (χ3n) is 4.52. The van der Waals surface area contributed by atoms with Crippen molar-refractivity contribution in [1.29, 1.82) is 0 Å². The van der Waals surface area contributed by atoms with Crippen molar-refractivity contribution in [2.75, 3.05) is 24.3 Å². The third-order valence-corrected chi connectivity index (χ3v) is 4.52. The molecule has 1 aromatic rings. The molecule has 1 saturated carbocycles. The molecule has 1 N–H and O–H groups in total. The van der Waals surface area contributed by atoms with Gasteiger partial charge in [0.15, 0.2) is 5.82 Å². The molecule has 0 saturated heterocycles. The van der Waals surface area contributed by atoms with Gasteiger partial charge in [0.25, 0.3) is 0 Å². The van der Waals surface area contributed by atoms with E-state index in [2.05, 4.69) is 42.0 Å². The molecule has 0 aromatic carbocycles. The van der Waals surface area contributed by atoms with Gasteiger partial charge in [-0.3, -0.25) is 0 Å². The fourth-order valence-corrected chi connectivity index (χ4v) is 3.19. The highest BCUT2D eigenvalue weighted by Gasteiger charge is 2.29. The Morgan fingerprint density at radius 2 is 1.80 bits per heavy atom. The number of aromatic nitrogens is 1. The zero-order chi connectivity index (χ0) is 14.8. The molecule has 0 spiro atoms. The van der Waals surface area contributed by atoms with Crippen LogP contribution in [0.25, 0.3) is 0 Å². The van der Waals surface area contributed by atoms with Crippen LogP contribution < -0.4 is 10.2 Å². The van der Waals surface area contributed by atoms with Crippen molar-refractivity contribution in [3.8, 4) is 0 Å². The Morgan fingerprint density at radius 1 is 1.15 bits per heavy atom.